The molecule has 7 heteroatoms. The zero-order valence-electron chi connectivity index (χ0n) is 21.4. The van der Waals surface area contributed by atoms with Crippen LogP contribution in [0.15, 0.2) is 42.5 Å². The van der Waals surface area contributed by atoms with Crippen LogP contribution < -0.4 is 5.32 Å². The number of likely N-dealkylation sites (tertiary alicyclic amines) is 1. The number of carboxylic acid groups (broad SMARTS) is 1. The maximum Gasteiger partial charge on any atom is 0.304 e. The third kappa shape index (κ3) is 6.58. The second-order valence-corrected chi connectivity index (χ2v) is 10.5. The molecule has 4 heterocycles. The van der Waals surface area contributed by atoms with Crippen LogP contribution in [-0.2, 0) is 17.6 Å². The number of carbonyl (C=O) groups is 1. The van der Waals surface area contributed by atoms with Gasteiger partial charge in [-0.25, -0.2) is 9.67 Å². The van der Waals surface area contributed by atoms with Gasteiger partial charge in [-0.05, 0) is 93.8 Å². The standard InChI is InChI=1S/C29H37N5O2.CH4/c1-20-15-21(2)34(32-20)27-7-3-5-24(16-27)25(17-28(35)36)19-33-14-12-22(18-33)8-10-26-11-9-23-6-4-13-30-29(23)31-26;/h3,5,7,9,11,15-16,22,25H,4,6,8,10,12-14,17-19H2,1-2H3,(H,30,31)(H,35,36);1H4. The number of nitrogens with one attached hydrogen (secondary N) is 1. The summed E-state index contributed by atoms with van der Waals surface area (Å²) in [5.74, 6) is 0.902. The summed E-state index contributed by atoms with van der Waals surface area (Å²) >= 11 is 0. The van der Waals surface area contributed by atoms with Gasteiger partial charge in [-0.15, -0.1) is 0 Å². The Morgan fingerprint density at radius 1 is 1.22 bits per heavy atom. The number of pyridine rings is 1. The molecule has 0 spiro atoms. The highest BCUT2D eigenvalue weighted by molar-refractivity contribution is 5.68. The van der Waals surface area contributed by atoms with Crippen LogP contribution in [0.3, 0.4) is 0 Å². The van der Waals surface area contributed by atoms with E-state index in [4.69, 9.17) is 4.98 Å². The minimum atomic E-state index is -0.751. The van der Waals surface area contributed by atoms with E-state index in [0.29, 0.717) is 5.92 Å². The van der Waals surface area contributed by atoms with Gasteiger partial charge < -0.3 is 15.3 Å². The SMILES string of the molecule is C.Cc1cc(C)n(-c2cccc(C(CC(=O)O)CN3CCC(CCc4ccc5c(n4)NCCC5)C3)c2)n1. The van der Waals surface area contributed by atoms with Gasteiger partial charge in [0.05, 0.1) is 17.8 Å². The number of aryl methyl sites for hydroxylation is 4. The van der Waals surface area contributed by atoms with Gasteiger partial charge in [-0.2, -0.15) is 5.10 Å². The molecule has 2 N–H and O–H groups in total. The van der Waals surface area contributed by atoms with E-state index in [-0.39, 0.29) is 19.8 Å². The molecule has 2 aliphatic heterocycles. The Morgan fingerprint density at radius 2 is 2.08 bits per heavy atom. The molecule has 2 aliphatic rings. The lowest BCUT2D eigenvalue weighted by Gasteiger charge is -2.24. The Balaban J connectivity index is 0.00000320. The molecule has 5 rings (SSSR count). The first-order valence-electron chi connectivity index (χ1n) is 13.2. The topological polar surface area (TPSA) is 83.3 Å². The fraction of sp³-hybridized carbons (Fsp3) is 0.500. The molecule has 0 radical (unpaired) electrons. The van der Waals surface area contributed by atoms with E-state index >= 15 is 0 Å². The van der Waals surface area contributed by atoms with Gasteiger partial charge in [0.15, 0.2) is 0 Å². The second-order valence-electron chi connectivity index (χ2n) is 10.5. The van der Waals surface area contributed by atoms with Crippen molar-refractivity contribution in [3.63, 3.8) is 0 Å². The summed E-state index contributed by atoms with van der Waals surface area (Å²) in [6, 6.07) is 14.7. The molecule has 1 fully saturated rings. The Hall–Kier alpha value is -3.19. The maximum atomic E-state index is 11.7. The summed E-state index contributed by atoms with van der Waals surface area (Å²) in [6.07, 6.45) is 5.72. The first-order valence-corrected chi connectivity index (χ1v) is 13.2. The van der Waals surface area contributed by atoms with Gasteiger partial charge in [0.25, 0.3) is 0 Å². The molecule has 0 aliphatic carbocycles. The number of hydrogen-bond acceptors (Lipinski definition) is 5. The maximum absolute atomic E-state index is 11.7. The predicted octanol–water partition coefficient (Wildman–Crippen LogP) is 5.39. The van der Waals surface area contributed by atoms with Crippen molar-refractivity contribution in [3.8, 4) is 5.69 Å². The Labute approximate surface area is 220 Å². The fourth-order valence-corrected chi connectivity index (χ4v) is 5.79. The third-order valence-corrected chi connectivity index (χ3v) is 7.63. The van der Waals surface area contributed by atoms with Crippen molar-refractivity contribution < 1.29 is 9.90 Å². The van der Waals surface area contributed by atoms with Gasteiger partial charge in [0.1, 0.15) is 5.82 Å². The molecule has 37 heavy (non-hydrogen) atoms. The zero-order valence-corrected chi connectivity index (χ0v) is 21.4. The van der Waals surface area contributed by atoms with Gasteiger partial charge >= 0.3 is 5.97 Å². The van der Waals surface area contributed by atoms with Crippen LogP contribution >= 0.6 is 0 Å². The van der Waals surface area contributed by atoms with E-state index in [1.165, 1.54) is 17.7 Å². The van der Waals surface area contributed by atoms with Crippen molar-refractivity contribution in [2.24, 2.45) is 5.92 Å². The number of anilines is 1. The minimum absolute atomic E-state index is 0. The normalized spacial score (nSPS) is 18.1. The summed E-state index contributed by atoms with van der Waals surface area (Å²) in [5, 5.41) is 17.7. The highest BCUT2D eigenvalue weighted by Gasteiger charge is 2.27. The van der Waals surface area contributed by atoms with Crippen LogP contribution in [0.4, 0.5) is 5.82 Å². The summed E-state index contributed by atoms with van der Waals surface area (Å²) in [4.78, 5) is 19.1. The summed E-state index contributed by atoms with van der Waals surface area (Å²) in [5.41, 5.74) is 6.61. The van der Waals surface area contributed by atoms with E-state index in [9.17, 15) is 9.90 Å². The van der Waals surface area contributed by atoms with E-state index < -0.39 is 5.97 Å². The van der Waals surface area contributed by atoms with Gasteiger partial charge in [0.2, 0.25) is 0 Å². The molecule has 2 aromatic heterocycles. The van der Waals surface area contributed by atoms with Crippen molar-refractivity contribution in [1.82, 2.24) is 19.7 Å². The summed E-state index contributed by atoms with van der Waals surface area (Å²) in [7, 11) is 0. The van der Waals surface area contributed by atoms with Crippen molar-refractivity contribution >= 4 is 11.8 Å². The first-order chi connectivity index (χ1) is 17.4. The molecule has 7 nitrogen and oxygen atoms in total. The lowest BCUT2D eigenvalue weighted by molar-refractivity contribution is -0.137. The van der Waals surface area contributed by atoms with Crippen molar-refractivity contribution in [2.75, 3.05) is 31.5 Å². The summed E-state index contributed by atoms with van der Waals surface area (Å²) in [6.45, 7) is 7.87. The lowest BCUT2D eigenvalue weighted by Crippen LogP contribution is -2.28. The number of carboxylic acids is 1. The molecule has 0 bridgehead atoms. The highest BCUT2D eigenvalue weighted by atomic mass is 16.4. The number of fused-ring (bicyclic) bond motifs is 1. The number of benzene rings is 1. The minimum Gasteiger partial charge on any atom is -0.481 e. The summed E-state index contributed by atoms with van der Waals surface area (Å²) < 4.78 is 1.94. The molecular formula is C30H41N5O2. The fourth-order valence-electron chi connectivity index (χ4n) is 5.79. The van der Waals surface area contributed by atoms with E-state index in [2.05, 4.69) is 45.6 Å². The number of aliphatic carboxylic acids is 1. The molecule has 198 valence electrons. The number of aromatic nitrogens is 3. The van der Waals surface area contributed by atoms with Crippen LogP contribution in [0, 0.1) is 19.8 Å². The Bertz CT molecular complexity index is 1220. The quantitative estimate of drug-likeness (QED) is 0.407. The van der Waals surface area contributed by atoms with Gasteiger partial charge in [0, 0.05) is 36.9 Å². The van der Waals surface area contributed by atoms with Crippen LogP contribution in [-0.4, -0.2) is 56.9 Å². The molecule has 2 unspecified atom stereocenters. The largest absolute Gasteiger partial charge is 0.481 e. The number of rotatable bonds is 9. The molecule has 2 atom stereocenters. The van der Waals surface area contributed by atoms with Crippen LogP contribution in [0.2, 0.25) is 0 Å². The van der Waals surface area contributed by atoms with Crippen molar-refractivity contribution in [2.45, 2.75) is 65.7 Å². The molecule has 1 saturated heterocycles. The average molecular weight is 504 g/mol. The second kappa shape index (κ2) is 11.9. The van der Waals surface area contributed by atoms with Crippen molar-refractivity contribution in [1.29, 1.82) is 0 Å². The molecule has 3 aromatic rings. The van der Waals surface area contributed by atoms with Crippen LogP contribution in [0.1, 0.15) is 67.2 Å². The lowest BCUT2D eigenvalue weighted by atomic mass is 9.94. The van der Waals surface area contributed by atoms with Gasteiger partial charge in [-0.1, -0.05) is 25.6 Å². The zero-order chi connectivity index (χ0) is 25.1. The predicted molar refractivity (Wildman–Crippen MR) is 149 cm³/mol. The first kappa shape index (κ1) is 26.9. The monoisotopic (exact) mass is 503 g/mol. The third-order valence-electron chi connectivity index (χ3n) is 7.63. The Kier molecular flexibility index (Phi) is 8.64. The van der Waals surface area contributed by atoms with Crippen molar-refractivity contribution in [3.05, 3.63) is 70.7 Å². The van der Waals surface area contributed by atoms with Crippen LogP contribution in [0.25, 0.3) is 5.69 Å². The number of hydrogen-bond donors (Lipinski definition) is 2. The molecular weight excluding hydrogens is 462 g/mol. The smallest absolute Gasteiger partial charge is 0.304 e. The van der Waals surface area contributed by atoms with E-state index in [1.807, 2.05) is 30.7 Å². The van der Waals surface area contributed by atoms with Crippen LogP contribution in [0.5, 0.6) is 0 Å². The highest BCUT2D eigenvalue weighted by Crippen LogP contribution is 2.29. The number of nitrogens with zero attached hydrogens (tertiary/aromatic N) is 4. The molecule has 1 aromatic carbocycles. The van der Waals surface area contributed by atoms with E-state index in [0.717, 1.165) is 80.3 Å². The van der Waals surface area contributed by atoms with Gasteiger partial charge in [-0.3, -0.25) is 4.79 Å². The van der Waals surface area contributed by atoms with E-state index in [1.54, 1.807) is 0 Å². The average Bonchev–Trinajstić information content (AvgIpc) is 3.47. The molecule has 0 amide bonds. The molecule has 0 saturated carbocycles. The Morgan fingerprint density at radius 3 is 2.86 bits per heavy atom.